The lowest BCUT2D eigenvalue weighted by atomic mass is 10.3. The van der Waals surface area contributed by atoms with Crippen LogP contribution in [0.3, 0.4) is 0 Å². The van der Waals surface area contributed by atoms with E-state index in [1.54, 1.807) is 31.2 Å². The first-order chi connectivity index (χ1) is 15.4. The molecule has 2 aromatic carbocycles. The molecule has 3 rings (SSSR count). The van der Waals surface area contributed by atoms with Crippen molar-refractivity contribution in [1.82, 2.24) is 15.1 Å². The molecule has 4 N–H and O–H groups in total. The van der Waals surface area contributed by atoms with E-state index in [9.17, 15) is 18.8 Å². The monoisotopic (exact) mass is 443 g/mol. The van der Waals surface area contributed by atoms with Crippen molar-refractivity contribution < 1.29 is 23.5 Å². The average molecular weight is 443 g/mol. The van der Waals surface area contributed by atoms with Gasteiger partial charge in [-0.25, -0.2) is 9.18 Å². The molecule has 1 aliphatic heterocycles. The first-order valence-corrected chi connectivity index (χ1v) is 10.2. The second-order valence-corrected chi connectivity index (χ2v) is 7.19. The zero-order valence-corrected chi connectivity index (χ0v) is 17.7. The van der Waals surface area contributed by atoms with Crippen LogP contribution in [0.15, 0.2) is 54.6 Å². The summed E-state index contributed by atoms with van der Waals surface area (Å²) in [7, 11) is 0. The fourth-order valence-electron chi connectivity index (χ4n) is 3.39. The molecule has 10 heteroatoms. The van der Waals surface area contributed by atoms with Gasteiger partial charge in [0.05, 0.1) is 0 Å². The summed E-state index contributed by atoms with van der Waals surface area (Å²) < 4.78 is 19.2. The number of anilines is 1. The Bertz CT molecular complexity index is 958. The first kappa shape index (κ1) is 23.0. The number of benzene rings is 2. The highest BCUT2D eigenvalue weighted by atomic mass is 19.1. The van der Waals surface area contributed by atoms with Crippen molar-refractivity contribution in [2.75, 3.05) is 31.5 Å². The van der Waals surface area contributed by atoms with Crippen molar-refractivity contribution in [3.05, 3.63) is 60.4 Å². The predicted octanol–water partition coefficient (Wildman–Crippen LogP) is 1.37. The SMILES string of the molecule is CC(Oc1ccccc1)C(=O)N1CCN(C(=O)Nc2cccc(F)c2)C1C(=O)NCCN. The number of urea groups is 1. The van der Waals surface area contributed by atoms with Crippen molar-refractivity contribution in [3.8, 4) is 5.75 Å². The molecule has 2 aromatic rings. The molecule has 2 unspecified atom stereocenters. The molecule has 0 saturated carbocycles. The van der Waals surface area contributed by atoms with Crippen molar-refractivity contribution >= 4 is 23.5 Å². The maximum Gasteiger partial charge on any atom is 0.323 e. The van der Waals surface area contributed by atoms with Gasteiger partial charge in [-0.2, -0.15) is 0 Å². The van der Waals surface area contributed by atoms with Gasteiger partial charge < -0.3 is 26.0 Å². The number of halogens is 1. The van der Waals surface area contributed by atoms with E-state index in [0.29, 0.717) is 5.75 Å². The molecule has 0 aliphatic carbocycles. The zero-order chi connectivity index (χ0) is 23.1. The predicted molar refractivity (Wildman–Crippen MR) is 116 cm³/mol. The molecule has 1 aliphatic rings. The third kappa shape index (κ3) is 5.52. The minimum Gasteiger partial charge on any atom is -0.481 e. The Morgan fingerprint density at radius 1 is 1.12 bits per heavy atom. The van der Waals surface area contributed by atoms with Gasteiger partial charge in [-0.1, -0.05) is 24.3 Å². The summed E-state index contributed by atoms with van der Waals surface area (Å²) in [6, 6.07) is 13.6. The molecular formula is C22H26FN5O4. The lowest BCUT2D eigenvalue weighted by molar-refractivity contribution is -0.145. The van der Waals surface area contributed by atoms with Crippen LogP contribution >= 0.6 is 0 Å². The van der Waals surface area contributed by atoms with Crippen LogP contribution in [0.25, 0.3) is 0 Å². The number of ether oxygens (including phenoxy) is 1. The summed E-state index contributed by atoms with van der Waals surface area (Å²) >= 11 is 0. The van der Waals surface area contributed by atoms with E-state index in [1.807, 2.05) is 6.07 Å². The van der Waals surface area contributed by atoms with Crippen molar-refractivity contribution in [2.24, 2.45) is 5.73 Å². The van der Waals surface area contributed by atoms with E-state index < -0.39 is 35.9 Å². The first-order valence-electron chi connectivity index (χ1n) is 10.2. The van der Waals surface area contributed by atoms with Crippen LogP contribution in [-0.4, -0.2) is 66.1 Å². The maximum absolute atomic E-state index is 13.5. The highest BCUT2D eigenvalue weighted by Crippen LogP contribution is 2.21. The van der Waals surface area contributed by atoms with Gasteiger partial charge in [-0.15, -0.1) is 0 Å². The number of nitrogens with two attached hydrogens (primary N) is 1. The van der Waals surface area contributed by atoms with E-state index in [0.717, 1.165) is 6.07 Å². The third-order valence-electron chi connectivity index (χ3n) is 4.87. The molecule has 0 bridgehead atoms. The molecular weight excluding hydrogens is 417 g/mol. The Morgan fingerprint density at radius 2 is 1.84 bits per heavy atom. The highest BCUT2D eigenvalue weighted by molar-refractivity contribution is 5.96. The number of rotatable bonds is 7. The number of hydrogen-bond donors (Lipinski definition) is 3. The minimum atomic E-state index is -1.19. The second kappa shape index (κ2) is 10.6. The molecule has 0 spiro atoms. The molecule has 1 heterocycles. The number of carbonyl (C=O) groups is 3. The zero-order valence-electron chi connectivity index (χ0n) is 17.7. The standard InChI is InChI=1S/C22H26FN5O4/c1-15(32-18-8-3-2-4-9-18)21(30)27-12-13-28(20(27)19(29)25-11-10-24)22(31)26-17-7-5-6-16(23)14-17/h2-9,14-15,20H,10-13,24H2,1H3,(H,25,29)(H,26,31). The summed E-state index contributed by atoms with van der Waals surface area (Å²) in [5.74, 6) is -0.979. The molecule has 0 radical (unpaired) electrons. The van der Waals surface area contributed by atoms with Crippen LogP contribution in [0.4, 0.5) is 14.9 Å². The van der Waals surface area contributed by atoms with Gasteiger partial charge in [0, 0.05) is 31.9 Å². The smallest absolute Gasteiger partial charge is 0.323 e. The maximum atomic E-state index is 13.5. The summed E-state index contributed by atoms with van der Waals surface area (Å²) in [6.45, 7) is 2.23. The van der Waals surface area contributed by atoms with Crippen molar-refractivity contribution in [3.63, 3.8) is 0 Å². The largest absolute Gasteiger partial charge is 0.481 e. The van der Waals surface area contributed by atoms with Crippen molar-refractivity contribution in [2.45, 2.75) is 19.2 Å². The van der Waals surface area contributed by atoms with Crippen molar-refractivity contribution in [1.29, 1.82) is 0 Å². The van der Waals surface area contributed by atoms with Crippen LogP contribution in [0.5, 0.6) is 5.75 Å². The normalized spacial score (nSPS) is 16.4. The van der Waals surface area contributed by atoms with Gasteiger partial charge in [0.25, 0.3) is 11.8 Å². The molecule has 32 heavy (non-hydrogen) atoms. The summed E-state index contributed by atoms with van der Waals surface area (Å²) in [5, 5.41) is 5.19. The molecule has 0 aromatic heterocycles. The molecule has 2 atom stereocenters. The Balaban J connectivity index is 1.76. The number of nitrogens with one attached hydrogen (secondary N) is 2. The highest BCUT2D eigenvalue weighted by Gasteiger charge is 2.44. The Hall–Kier alpha value is -3.66. The van der Waals surface area contributed by atoms with Gasteiger partial charge >= 0.3 is 6.03 Å². The van der Waals surface area contributed by atoms with Gasteiger partial charge in [-0.3, -0.25) is 14.5 Å². The molecule has 4 amide bonds. The van der Waals surface area contributed by atoms with E-state index in [2.05, 4.69) is 10.6 Å². The fourth-order valence-corrected chi connectivity index (χ4v) is 3.39. The van der Waals surface area contributed by atoms with E-state index >= 15 is 0 Å². The third-order valence-corrected chi connectivity index (χ3v) is 4.87. The summed E-state index contributed by atoms with van der Waals surface area (Å²) in [6.07, 6.45) is -2.07. The summed E-state index contributed by atoms with van der Waals surface area (Å²) in [4.78, 5) is 41.3. The average Bonchev–Trinajstić information content (AvgIpc) is 3.23. The van der Waals surface area contributed by atoms with Gasteiger partial charge in [-0.05, 0) is 37.3 Å². The lowest BCUT2D eigenvalue weighted by Gasteiger charge is -2.30. The number of amides is 4. The lowest BCUT2D eigenvalue weighted by Crippen LogP contribution is -2.56. The van der Waals surface area contributed by atoms with E-state index in [4.69, 9.17) is 10.5 Å². The van der Waals surface area contributed by atoms with E-state index in [-0.39, 0.29) is 31.9 Å². The van der Waals surface area contributed by atoms with Crippen LogP contribution in [0.1, 0.15) is 6.92 Å². The molecule has 1 fully saturated rings. The molecule has 9 nitrogen and oxygen atoms in total. The van der Waals surface area contributed by atoms with Crippen LogP contribution in [0.2, 0.25) is 0 Å². The quantitative estimate of drug-likeness (QED) is 0.598. The number of para-hydroxylation sites is 1. The second-order valence-electron chi connectivity index (χ2n) is 7.19. The molecule has 170 valence electrons. The van der Waals surface area contributed by atoms with Gasteiger partial charge in [0.2, 0.25) is 0 Å². The minimum absolute atomic E-state index is 0.117. The fraction of sp³-hybridized carbons (Fsp3) is 0.318. The Kier molecular flexibility index (Phi) is 7.61. The number of hydrogen-bond acceptors (Lipinski definition) is 5. The van der Waals surface area contributed by atoms with Crippen LogP contribution in [-0.2, 0) is 9.59 Å². The summed E-state index contributed by atoms with van der Waals surface area (Å²) in [5.41, 5.74) is 5.71. The Labute approximate surface area is 185 Å². The van der Waals surface area contributed by atoms with Gasteiger partial charge in [0.1, 0.15) is 11.6 Å². The molecule has 1 saturated heterocycles. The van der Waals surface area contributed by atoms with Crippen LogP contribution in [0, 0.1) is 5.82 Å². The number of nitrogens with zero attached hydrogens (tertiary/aromatic N) is 2. The van der Waals surface area contributed by atoms with E-state index in [1.165, 1.54) is 28.0 Å². The van der Waals surface area contributed by atoms with Crippen LogP contribution < -0.4 is 21.1 Å². The topological polar surface area (TPSA) is 117 Å². The van der Waals surface area contributed by atoms with Gasteiger partial charge in [0.15, 0.2) is 12.3 Å². The Morgan fingerprint density at radius 3 is 2.53 bits per heavy atom. The number of carbonyl (C=O) groups excluding carboxylic acids is 3.